The van der Waals surface area contributed by atoms with Crippen molar-refractivity contribution in [2.75, 3.05) is 6.54 Å². The van der Waals surface area contributed by atoms with E-state index in [1.807, 2.05) is 6.07 Å². The van der Waals surface area contributed by atoms with E-state index >= 15 is 0 Å². The van der Waals surface area contributed by atoms with Gasteiger partial charge in [-0.2, -0.15) is 0 Å². The quantitative estimate of drug-likeness (QED) is 0.814. The van der Waals surface area contributed by atoms with Crippen molar-refractivity contribution in [3.63, 3.8) is 0 Å². The van der Waals surface area contributed by atoms with Gasteiger partial charge in [0.25, 0.3) is 0 Å². The highest BCUT2D eigenvalue weighted by Crippen LogP contribution is 2.30. The molecule has 12 heavy (non-hydrogen) atoms. The first kappa shape index (κ1) is 9.29. The van der Waals surface area contributed by atoms with Crippen LogP contribution < -0.4 is 5.73 Å². The number of phenols is 1. The summed E-state index contributed by atoms with van der Waals surface area (Å²) in [6.07, 6.45) is 0. The fourth-order valence-corrected chi connectivity index (χ4v) is 1.60. The third-order valence-corrected chi connectivity index (χ3v) is 2.25. The molecule has 0 aliphatic rings. The van der Waals surface area contributed by atoms with Gasteiger partial charge >= 0.3 is 0 Å². The molecule has 1 aromatic rings. The lowest BCUT2D eigenvalue weighted by molar-refractivity contribution is 0.473. The van der Waals surface area contributed by atoms with Crippen LogP contribution in [-0.4, -0.2) is 11.7 Å². The number of benzene rings is 1. The van der Waals surface area contributed by atoms with Crippen molar-refractivity contribution in [1.29, 1.82) is 0 Å². The van der Waals surface area contributed by atoms with E-state index in [0.717, 1.165) is 10.0 Å². The van der Waals surface area contributed by atoms with Gasteiger partial charge in [0, 0.05) is 16.6 Å². The van der Waals surface area contributed by atoms with Crippen LogP contribution in [0.5, 0.6) is 5.75 Å². The summed E-state index contributed by atoms with van der Waals surface area (Å²) in [5.74, 6) is 0.208. The minimum absolute atomic E-state index is 0.208. The second-order valence-electron chi connectivity index (χ2n) is 2.44. The van der Waals surface area contributed by atoms with E-state index in [1.54, 1.807) is 12.1 Å². The summed E-state index contributed by atoms with van der Waals surface area (Å²) >= 11 is 3.31. The molecule has 0 spiro atoms. The highest BCUT2D eigenvalue weighted by Gasteiger charge is 2.07. The summed E-state index contributed by atoms with van der Waals surface area (Å²) in [5, 5.41) is 9.45. The lowest BCUT2D eigenvalue weighted by Gasteiger charge is -2.07. The molecule has 0 fully saturated rings. The topological polar surface area (TPSA) is 46.2 Å². The second kappa shape index (κ2) is 3.74. The Morgan fingerprint density at radius 2 is 2.25 bits per heavy atom. The first-order chi connectivity index (χ1) is 5.66. The normalized spacial score (nSPS) is 9.83. The average molecular weight is 228 g/mol. The van der Waals surface area contributed by atoms with Crippen molar-refractivity contribution in [1.82, 2.24) is 0 Å². The Morgan fingerprint density at radius 1 is 1.58 bits per heavy atom. The van der Waals surface area contributed by atoms with Crippen LogP contribution in [0.3, 0.4) is 0 Å². The molecule has 0 bridgehead atoms. The number of hydrogen-bond donors (Lipinski definition) is 2. The maximum atomic E-state index is 9.45. The summed E-state index contributed by atoms with van der Waals surface area (Å²) < 4.78 is 0.818. The molecule has 0 radical (unpaired) electrons. The summed E-state index contributed by atoms with van der Waals surface area (Å²) in [5.41, 5.74) is 6.83. The van der Waals surface area contributed by atoms with Crippen molar-refractivity contribution in [3.05, 3.63) is 34.8 Å². The predicted octanol–water partition coefficient (Wildman–Crippen LogP) is 2.13. The molecule has 0 saturated carbocycles. The first-order valence-electron chi connectivity index (χ1n) is 3.52. The first-order valence-corrected chi connectivity index (χ1v) is 4.31. The smallest absolute Gasteiger partial charge is 0.124 e. The van der Waals surface area contributed by atoms with Gasteiger partial charge in [-0.15, -0.1) is 0 Å². The molecule has 0 aromatic heterocycles. The monoisotopic (exact) mass is 227 g/mol. The van der Waals surface area contributed by atoms with Crippen LogP contribution in [0.25, 0.3) is 5.57 Å². The van der Waals surface area contributed by atoms with E-state index in [-0.39, 0.29) is 5.75 Å². The van der Waals surface area contributed by atoms with Gasteiger partial charge in [0.2, 0.25) is 0 Å². The molecule has 3 N–H and O–H groups in total. The lowest BCUT2D eigenvalue weighted by Crippen LogP contribution is -2.01. The van der Waals surface area contributed by atoms with E-state index in [9.17, 15) is 5.11 Å². The third kappa shape index (κ3) is 1.68. The largest absolute Gasteiger partial charge is 0.507 e. The summed E-state index contributed by atoms with van der Waals surface area (Å²) in [6, 6.07) is 5.21. The Hall–Kier alpha value is -0.800. The number of phenolic OH excluding ortho intramolecular Hbond substituents is 1. The molecule has 0 aliphatic carbocycles. The predicted molar refractivity (Wildman–Crippen MR) is 53.9 cm³/mol. The van der Waals surface area contributed by atoms with Crippen molar-refractivity contribution in [3.8, 4) is 5.75 Å². The van der Waals surface area contributed by atoms with Gasteiger partial charge in [-0.3, -0.25) is 0 Å². The van der Waals surface area contributed by atoms with E-state index in [4.69, 9.17) is 5.73 Å². The van der Waals surface area contributed by atoms with Crippen molar-refractivity contribution >= 4 is 21.5 Å². The van der Waals surface area contributed by atoms with Gasteiger partial charge < -0.3 is 10.8 Å². The minimum Gasteiger partial charge on any atom is -0.507 e. The Balaban J connectivity index is 3.21. The van der Waals surface area contributed by atoms with Gasteiger partial charge in [-0.25, -0.2) is 0 Å². The van der Waals surface area contributed by atoms with Crippen molar-refractivity contribution in [2.45, 2.75) is 0 Å². The van der Waals surface area contributed by atoms with Crippen LogP contribution in [0.1, 0.15) is 5.56 Å². The molecule has 0 unspecified atom stereocenters. The maximum absolute atomic E-state index is 9.45. The van der Waals surface area contributed by atoms with Gasteiger partial charge in [0.15, 0.2) is 0 Å². The highest BCUT2D eigenvalue weighted by atomic mass is 79.9. The molecule has 0 aliphatic heterocycles. The Kier molecular flexibility index (Phi) is 2.89. The molecular weight excluding hydrogens is 218 g/mol. The maximum Gasteiger partial charge on any atom is 0.124 e. The minimum atomic E-state index is 0.208. The van der Waals surface area contributed by atoms with Crippen LogP contribution in [-0.2, 0) is 0 Å². The van der Waals surface area contributed by atoms with E-state index < -0.39 is 0 Å². The summed E-state index contributed by atoms with van der Waals surface area (Å²) in [4.78, 5) is 0. The molecular formula is C9H10BrNO. The van der Waals surface area contributed by atoms with Gasteiger partial charge in [-0.1, -0.05) is 28.6 Å². The number of rotatable bonds is 2. The molecule has 1 rings (SSSR count). The van der Waals surface area contributed by atoms with E-state index in [1.165, 1.54) is 0 Å². The zero-order valence-electron chi connectivity index (χ0n) is 6.55. The molecule has 64 valence electrons. The van der Waals surface area contributed by atoms with Crippen molar-refractivity contribution < 1.29 is 5.11 Å². The third-order valence-electron chi connectivity index (χ3n) is 1.59. The van der Waals surface area contributed by atoms with Crippen LogP contribution in [0, 0.1) is 0 Å². The van der Waals surface area contributed by atoms with Crippen LogP contribution in [0.4, 0.5) is 0 Å². The Labute approximate surface area is 79.8 Å². The zero-order chi connectivity index (χ0) is 9.14. The Bertz CT molecular complexity index is 289. The number of hydrogen-bond acceptors (Lipinski definition) is 2. The lowest BCUT2D eigenvalue weighted by atomic mass is 10.1. The number of aromatic hydroxyl groups is 1. The molecule has 0 saturated heterocycles. The molecule has 2 nitrogen and oxygen atoms in total. The fourth-order valence-electron chi connectivity index (χ4n) is 0.965. The van der Waals surface area contributed by atoms with Gasteiger partial charge in [-0.05, 0) is 17.7 Å². The molecule has 0 amide bonds. The number of nitrogens with two attached hydrogens (primary N) is 1. The van der Waals surface area contributed by atoms with Crippen LogP contribution >= 0.6 is 15.9 Å². The zero-order valence-corrected chi connectivity index (χ0v) is 8.13. The molecule has 0 atom stereocenters. The van der Waals surface area contributed by atoms with E-state index in [0.29, 0.717) is 12.1 Å². The average Bonchev–Trinajstić information content (AvgIpc) is 2.03. The standard InChI is InChI=1S/C9H10BrNO/c1-6(5-11)9-7(10)3-2-4-8(9)12/h2-4,12H,1,5,11H2. The van der Waals surface area contributed by atoms with Gasteiger partial charge in [0.05, 0.1) is 0 Å². The van der Waals surface area contributed by atoms with Gasteiger partial charge in [0.1, 0.15) is 5.75 Å². The van der Waals surface area contributed by atoms with Crippen molar-refractivity contribution in [2.24, 2.45) is 5.73 Å². The number of halogens is 1. The Morgan fingerprint density at radius 3 is 2.75 bits per heavy atom. The van der Waals surface area contributed by atoms with E-state index in [2.05, 4.69) is 22.5 Å². The second-order valence-corrected chi connectivity index (χ2v) is 3.30. The van der Waals surface area contributed by atoms with Crippen LogP contribution in [0.15, 0.2) is 29.3 Å². The SMILES string of the molecule is C=C(CN)c1c(O)cccc1Br. The molecule has 1 aromatic carbocycles. The van der Waals surface area contributed by atoms with Crippen LogP contribution in [0.2, 0.25) is 0 Å². The highest BCUT2D eigenvalue weighted by molar-refractivity contribution is 9.10. The molecule has 0 heterocycles. The summed E-state index contributed by atoms with van der Waals surface area (Å²) in [6.45, 7) is 4.09. The molecule has 3 heteroatoms. The fraction of sp³-hybridized carbons (Fsp3) is 0.111. The summed E-state index contributed by atoms with van der Waals surface area (Å²) in [7, 11) is 0.